The second-order valence-electron chi connectivity index (χ2n) is 3.96. The van der Waals surface area contributed by atoms with E-state index in [0.29, 0.717) is 6.04 Å². The number of nitrogens with zero attached hydrogens (tertiary/aromatic N) is 1. The van der Waals surface area contributed by atoms with Crippen LogP contribution in [0.5, 0.6) is 0 Å². The topological polar surface area (TPSA) is 32.7 Å². The van der Waals surface area contributed by atoms with E-state index in [-0.39, 0.29) is 12.0 Å². The Labute approximate surface area is 74.3 Å². The monoisotopic (exact) mass is 173 g/mol. The normalized spacial score (nSPS) is 43.5. The second kappa shape index (κ2) is 3.73. The number of ether oxygens (including phenoxy) is 1. The average molecular weight is 173 g/mol. The molecular weight excluding hydrogens is 154 g/mol. The van der Waals surface area contributed by atoms with Crippen molar-refractivity contribution in [2.24, 2.45) is 5.92 Å². The molecule has 0 saturated carbocycles. The maximum atomic E-state index is 9.52. The van der Waals surface area contributed by atoms with Crippen LogP contribution in [0.2, 0.25) is 0 Å². The zero-order valence-corrected chi connectivity index (χ0v) is 8.32. The molecule has 1 fully saturated rings. The first-order chi connectivity index (χ1) is 5.52. The molecule has 1 N–H and O–H groups in total. The summed E-state index contributed by atoms with van der Waals surface area (Å²) in [6.07, 6.45) is 0.579. The van der Waals surface area contributed by atoms with Gasteiger partial charge in [0.1, 0.15) is 0 Å². The molecular formula is C9H19NO2. The summed E-state index contributed by atoms with van der Waals surface area (Å²) in [5.41, 5.74) is 0. The molecule has 1 heterocycles. The molecule has 0 aromatic heterocycles. The first-order valence-electron chi connectivity index (χ1n) is 4.52. The molecule has 0 aromatic carbocycles. The van der Waals surface area contributed by atoms with Crippen LogP contribution in [-0.2, 0) is 4.74 Å². The van der Waals surface area contributed by atoms with Gasteiger partial charge in [-0.15, -0.1) is 0 Å². The third-order valence-corrected chi connectivity index (χ3v) is 2.67. The van der Waals surface area contributed by atoms with Gasteiger partial charge in [0.15, 0.2) is 6.29 Å². The van der Waals surface area contributed by atoms with Gasteiger partial charge in [-0.05, 0) is 27.4 Å². The molecule has 1 rings (SSSR count). The lowest BCUT2D eigenvalue weighted by Gasteiger charge is -2.40. The average Bonchev–Trinajstić information content (AvgIpc) is 1.96. The van der Waals surface area contributed by atoms with Crippen LogP contribution in [0.4, 0.5) is 0 Å². The summed E-state index contributed by atoms with van der Waals surface area (Å²) >= 11 is 0. The summed E-state index contributed by atoms with van der Waals surface area (Å²) in [6, 6.07) is 0.434. The van der Waals surface area contributed by atoms with Gasteiger partial charge < -0.3 is 14.7 Å². The van der Waals surface area contributed by atoms with Crippen LogP contribution in [0.25, 0.3) is 0 Å². The molecule has 1 aliphatic heterocycles. The van der Waals surface area contributed by atoms with E-state index in [1.807, 2.05) is 27.9 Å². The van der Waals surface area contributed by atoms with Crippen molar-refractivity contribution < 1.29 is 9.84 Å². The molecule has 4 atom stereocenters. The molecule has 3 heteroatoms. The van der Waals surface area contributed by atoms with Crippen molar-refractivity contribution in [2.45, 2.75) is 38.7 Å². The fraction of sp³-hybridized carbons (Fsp3) is 1.00. The van der Waals surface area contributed by atoms with Gasteiger partial charge in [-0.3, -0.25) is 0 Å². The zero-order valence-electron chi connectivity index (χ0n) is 8.32. The quantitative estimate of drug-likeness (QED) is 0.633. The number of hydrogen-bond acceptors (Lipinski definition) is 3. The van der Waals surface area contributed by atoms with Crippen molar-refractivity contribution in [3.8, 4) is 0 Å². The molecule has 0 aromatic rings. The minimum atomic E-state index is -0.596. The van der Waals surface area contributed by atoms with E-state index in [1.165, 1.54) is 0 Å². The molecule has 1 saturated heterocycles. The molecule has 0 radical (unpaired) electrons. The van der Waals surface area contributed by atoms with Gasteiger partial charge in [0, 0.05) is 12.0 Å². The van der Waals surface area contributed by atoms with Crippen LogP contribution < -0.4 is 0 Å². The minimum absolute atomic E-state index is 0.170. The Morgan fingerprint density at radius 3 is 2.42 bits per heavy atom. The SMILES string of the molecule is C[C@@H]1CC(N(C)C)[C@@H](C)[C@H](O)O1. The lowest BCUT2D eigenvalue weighted by Crippen LogP contribution is -2.48. The summed E-state index contributed by atoms with van der Waals surface area (Å²) < 4.78 is 5.31. The molecule has 1 unspecified atom stereocenters. The van der Waals surface area contributed by atoms with Gasteiger partial charge in [0.25, 0.3) is 0 Å². The Kier molecular flexibility index (Phi) is 3.09. The first kappa shape index (κ1) is 9.96. The third-order valence-electron chi connectivity index (χ3n) is 2.67. The number of hydrogen-bond donors (Lipinski definition) is 1. The van der Waals surface area contributed by atoms with Crippen molar-refractivity contribution in [3.05, 3.63) is 0 Å². The molecule has 0 amide bonds. The van der Waals surface area contributed by atoms with E-state index in [4.69, 9.17) is 4.74 Å². The van der Waals surface area contributed by atoms with Gasteiger partial charge in [-0.25, -0.2) is 0 Å². The van der Waals surface area contributed by atoms with Crippen LogP contribution >= 0.6 is 0 Å². The Morgan fingerprint density at radius 1 is 1.33 bits per heavy atom. The Bertz CT molecular complexity index is 149. The highest BCUT2D eigenvalue weighted by molar-refractivity contribution is 4.81. The van der Waals surface area contributed by atoms with Crippen molar-refractivity contribution in [1.29, 1.82) is 0 Å². The predicted molar refractivity (Wildman–Crippen MR) is 47.8 cm³/mol. The summed E-state index contributed by atoms with van der Waals surface area (Å²) in [6.45, 7) is 4.03. The smallest absolute Gasteiger partial charge is 0.158 e. The molecule has 0 aliphatic carbocycles. The molecule has 1 aliphatic rings. The summed E-state index contributed by atoms with van der Waals surface area (Å²) in [5, 5.41) is 9.52. The number of aliphatic hydroxyl groups is 1. The van der Waals surface area contributed by atoms with Crippen LogP contribution in [-0.4, -0.2) is 42.5 Å². The molecule has 12 heavy (non-hydrogen) atoms. The van der Waals surface area contributed by atoms with Crippen LogP contribution in [0.1, 0.15) is 20.3 Å². The maximum Gasteiger partial charge on any atom is 0.158 e. The van der Waals surface area contributed by atoms with E-state index < -0.39 is 6.29 Å². The third kappa shape index (κ3) is 1.97. The summed E-state index contributed by atoms with van der Waals surface area (Å²) in [5.74, 6) is 0.205. The van der Waals surface area contributed by atoms with Gasteiger partial charge >= 0.3 is 0 Å². The zero-order chi connectivity index (χ0) is 9.30. The fourth-order valence-corrected chi connectivity index (χ4v) is 1.84. The van der Waals surface area contributed by atoms with E-state index in [2.05, 4.69) is 4.90 Å². The van der Waals surface area contributed by atoms with Crippen LogP contribution in [0, 0.1) is 5.92 Å². The lowest BCUT2D eigenvalue weighted by atomic mass is 9.92. The van der Waals surface area contributed by atoms with E-state index >= 15 is 0 Å². The van der Waals surface area contributed by atoms with Crippen LogP contribution in [0.3, 0.4) is 0 Å². The van der Waals surface area contributed by atoms with Gasteiger partial charge in [0.2, 0.25) is 0 Å². The molecule has 72 valence electrons. The van der Waals surface area contributed by atoms with Gasteiger partial charge in [-0.2, -0.15) is 0 Å². The predicted octanol–water partition coefficient (Wildman–Crippen LogP) is 0.680. The maximum absolute atomic E-state index is 9.52. The highest BCUT2D eigenvalue weighted by Gasteiger charge is 2.33. The van der Waals surface area contributed by atoms with Crippen LogP contribution in [0.15, 0.2) is 0 Å². The van der Waals surface area contributed by atoms with Crippen molar-refractivity contribution in [1.82, 2.24) is 4.90 Å². The Balaban J connectivity index is 2.60. The van der Waals surface area contributed by atoms with Crippen molar-refractivity contribution in [2.75, 3.05) is 14.1 Å². The Hall–Kier alpha value is -0.120. The highest BCUT2D eigenvalue weighted by Crippen LogP contribution is 2.26. The molecule has 0 bridgehead atoms. The van der Waals surface area contributed by atoms with Gasteiger partial charge in [0.05, 0.1) is 6.10 Å². The highest BCUT2D eigenvalue weighted by atomic mass is 16.6. The second-order valence-corrected chi connectivity index (χ2v) is 3.96. The summed E-state index contributed by atoms with van der Waals surface area (Å²) in [4.78, 5) is 2.16. The first-order valence-corrected chi connectivity index (χ1v) is 4.52. The van der Waals surface area contributed by atoms with Gasteiger partial charge in [-0.1, -0.05) is 6.92 Å². The Morgan fingerprint density at radius 2 is 1.92 bits per heavy atom. The van der Waals surface area contributed by atoms with E-state index in [9.17, 15) is 5.11 Å². The number of aliphatic hydroxyl groups excluding tert-OH is 1. The van der Waals surface area contributed by atoms with E-state index in [0.717, 1.165) is 6.42 Å². The molecule has 0 spiro atoms. The largest absolute Gasteiger partial charge is 0.368 e. The van der Waals surface area contributed by atoms with E-state index in [1.54, 1.807) is 0 Å². The standard InChI is InChI=1S/C9H19NO2/c1-6-5-8(10(3)4)7(2)9(11)12-6/h6-9,11H,5H2,1-4H3/t6-,7-,8?,9-/m1/s1. The molecule has 3 nitrogen and oxygen atoms in total. The van der Waals surface area contributed by atoms with Crippen molar-refractivity contribution >= 4 is 0 Å². The number of rotatable bonds is 1. The van der Waals surface area contributed by atoms with Crippen molar-refractivity contribution in [3.63, 3.8) is 0 Å². The summed E-state index contributed by atoms with van der Waals surface area (Å²) in [7, 11) is 4.10. The minimum Gasteiger partial charge on any atom is -0.368 e. The fourth-order valence-electron chi connectivity index (χ4n) is 1.84. The lowest BCUT2D eigenvalue weighted by molar-refractivity contribution is -0.202.